The van der Waals surface area contributed by atoms with Gasteiger partial charge in [-0.15, -0.1) is 0 Å². The molecule has 0 spiro atoms. The third-order valence-electron chi connectivity index (χ3n) is 5.05. The summed E-state index contributed by atoms with van der Waals surface area (Å²) < 4.78 is 15.9. The van der Waals surface area contributed by atoms with Gasteiger partial charge in [-0.05, 0) is 82.6 Å². The van der Waals surface area contributed by atoms with Gasteiger partial charge in [-0.3, -0.25) is 0 Å². The molecule has 0 saturated heterocycles. The van der Waals surface area contributed by atoms with Gasteiger partial charge in [-0.1, -0.05) is 36.4 Å². The highest BCUT2D eigenvalue weighted by Crippen LogP contribution is 2.25. The van der Waals surface area contributed by atoms with Crippen LogP contribution in [-0.2, 0) is 9.59 Å². The minimum Gasteiger partial charge on any atom is -0.508 e. The Labute approximate surface area is 202 Å². The van der Waals surface area contributed by atoms with Gasteiger partial charge in [0.1, 0.15) is 23.0 Å². The molecule has 0 aliphatic carbocycles. The number of fused-ring (bicyclic) bond motifs is 1. The molecule has 4 rings (SSSR count). The lowest BCUT2D eigenvalue weighted by atomic mass is 10.1. The minimum atomic E-state index is -0.522. The quantitative estimate of drug-likeness (QED) is 0.211. The summed E-state index contributed by atoms with van der Waals surface area (Å²) in [6.07, 6.45) is 5.95. The van der Waals surface area contributed by atoms with Crippen molar-refractivity contribution in [1.29, 1.82) is 0 Å². The molecule has 6 nitrogen and oxygen atoms in total. The highest BCUT2D eigenvalue weighted by molar-refractivity contribution is 5.92. The Balaban J connectivity index is 1.37. The van der Waals surface area contributed by atoms with Crippen molar-refractivity contribution in [3.8, 4) is 23.0 Å². The monoisotopic (exact) mass is 466 g/mol. The molecule has 4 aromatic carbocycles. The van der Waals surface area contributed by atoms with Crippen LogP contribution in [0.4, 0.5) is 0 Å². The van der Waals surface area contributed by atoms with E-state index in [-0.39, 0.29) is 5.75 Å². The molecule has 0 aromatic heterocycles. The summed E-state index contributed by atoms with van der Waals surface area (Å²) in [6.45, 7) is 0. The first-order chi connectivity index (χ1) is 17.0. The van der Waals surface area contributed by atoms with Gasteiger partial charge >= 0.3 is 11.9 Å². The second-order valence-corrected chi connectivity index (χ2v) is 7.54. The summed E-state index contributed by atoms with van der Waals surface area (Å²) in [5.74, 6) is 0.680. The summed E-state index contributed by atoms with van der Waals surface area (Å²) in [6, 6.07) is 24.2. The zero-order valence-electron chi connectivity index (χ0n) is 18.9. The summed E-state index contributed by atoms with van der Waals surface area (Å²) in [7, 11) is 1.60. The third-order valence-corrected chi connectivity index (χ3v) is 5.05. The molecule has 0 fully saturated rings. The van der Waals surface area contributed by atoms with Gasteiger partial charge in [0.05, 0.1) is 7.11 Å². The molecule has 0 radical (unpaired) electrons. The normalized spacial score (nSPS) is 11.1. The SMILES string of the molecule is COc1ccc(/C=C/C(=O)Oc2ccc3cc(OC(=O)/C=C/c4ccc(O)cc4)ccc3c2)cc1. The molecular weight excluding hydrogens is 444 g/mol. The van der Waals surface area contributed by atoms with Crippen molar-refractivity contribution in [3.63, 3.8) is 0 Å². The van der Waals surface area contributed by atoms with Gasteiger partial charge in [-0.2, -0.15) is 0 Å². The van der Waals surface area contributed by atoms with Crippen LogP contribution in [-0.4, -0.2) is 24.2 Å². The number of esters is 2. The van der Waals surface area contributed by atoms with Crippen LogP contribution < -0.4 is 14.2 Å². The van der Waals surface area contributed by atoms with Crippen molar-refractivity contribution in [3.05, 3.63) is 108 Å². The number of hydrogen-bond acceptors (Lipinski definition) is 6. The number of rotatable bonds is 7. The van der Waals surface area contributed by atoms with Crippen molar-refractivity contribution in [2.24, 2.45) is 0 Å². The maximum absolute atomic E-state index is 12.2. The molecule has 0 unspecified atom stereocenters. The number of aromatic hydroxyl groups is 1. The first-order valence-electron chi connectivity index (χ1n) is 10.8. The van der Waals surface area contributed by atoms with Crippen LogP contribution in [0.25, 0.3) is 22.9 Å². The van der Waals surface area contributed by atoms with Gasteiger partial charge in [0.15, 0.2) is 0 Å². The summed E-state index contributed by atoms with van der Waals surface area (Å²) in [5.41, 5.74) is 1.61. The van der Waals surface area contributed by atoms with E-state index >= 15 is 0 Å². The van der Waals surface area contributed by atoms with Crippen molar-refractivity contribution < 1.29 is 28.9 Å². The maximum atomic E-state index is 12.2. The average molecular weight is 466 g/mol. The highest BCUT2D eigenvalue weighted by atomic mass is 16.5. The molecule has 35 heavy (non-hydrogen) atoms. The van der Waals surface area contributed by atoms with E-state index in [1.54, 1.807) is 67.8 Å². The van der Waals surface area contributed by atoms with E-state index in [1.165, 1.54) is 24.3 Å². The molecule has 0 atom stereocenters. The molecule has 0 heterocycles. The van der Waals surface area contributed by atoms with Crippen LogP contribution >= 0.6 is 0 Å². The highest BCUT2D eigenvalue weighted by Gasteiger charge is 2.06. The number of carbonyl (C=O) groups is 2. The molecule has 0 bridgehead atoms. The molecule has 6 heteroatoms. The number of methoxy groups -OCH3 is 1. The Kier molecular flexibility index (Phi) is 7.23. The fourth-order valence-corrected chi connectivity index (χ4v) is 3.26. The number of phenolic OH excluding ortho intramolecular Hbond substituents is 1. The number of phenols is 1. The smallest absolute Gasteiger partial charge is 0.336 e. The predicted octanol–water partition coefficient (Wildman–Crippen LogP) is 5.79. The van der Waals surface area contributed by atoms with Gasteiger partial charge in [0, 0.05) is 12.2 Å². The van der Waals surface area contributed by atoms with E-state index in [0.717, 1.165) is 27.6 Å². The standard InChI is InChI=1S/C29H22O6/c1-33-25-12-4-21(5-13-25)7-17-29(32)35-27-15-9-22-18-26(14-8-23(22)19-27)34-28(31)16-6-20-2-10-24(30)11-3-20/h2-19,30H,1H3/b16-6+,17-7+. The lowest BCUT2D eigenvalue weighted by molar-refractivity contribution is -0.129. The van der Waals surface area contributed by atoms with Gasteiger partial charge in [0.2, 0.25) is 0 Å². The van der Waals surface area contributed by atoms with E-state index in [0.29, 0.717) is 11.5 Å². The molecule has 1 N–H and O–H groups in total. The van der Waals surface area contributed by atoms with Gasteiger partial charge in [-0.25, -0.2) is 9.59 Å². The lowest BCUT2D eigenvalue weighted by Crippen LogP contribution is -2.04. The molecule has 4 aromatic rings. The average Bonchev–Trinajstić information content (AvgIpc) is 2.87. The zero-order valence-corrected chi connectivity index (χ0v) is 18.9. The number of hydrogen-bond donors (Lipinski definition) is 1. The maximum Gasteiger partial charge on any atom is 0.336 e. The van der Waals surface area contributed by atoms with Crippen LogP contribution in [0.15, 0.2) is 97.1 Å². The van der Waals surface area contributed by atoms with Crippen LogP contribution in [0.5, 0.6) is 23.0 Å². The van der Waals surface area contributed by atoms with Crippen molar-refractivity contribution >= 4 is 34.9 Å². The van der Waals surface area contributed by atoms with Crippen LogP contribution in [0, 0.1) is 0 Å². The topological polar surface area (TPSA) is 82.1 Å². The van der Waals surface area contributed by atoms with Crippen LogP contribution in [0.2, 0.25) is 0 Å². The number of benzene rings is 4. The zero-order chi connectivity index (χ0) is 24.6. The largest absolute Gasteiger partial charge is 0.508 e. The first-order valence-corrected chi connectivity index (χ1v) is 10.8. The molecular formula is C29H22O6. The molecule has 174 valence electrons. The van der Waals surface area contributed by atoms with E-state index in [4.69, 9.17) is 14.2 Å². The van der Waals surface area contributed by atoms with E-state index < -0.39 is 11.9 Å². The molecule has 0 amide bonds. The van der Waals surface area contributed by atoms with Gasteiger partial charge < -0.3 is 19.3 Å². The molecule has 0 aliphatic rings. The van der Waals surface area contributed by atoms with E-state index in [9.17, 15) is 14.7 Å². The second-order valence-electron chi connectivity index (χ2n) is 7.54. The first kappa shape index (κ1) is 23.3. The van der Waals surface area contributed by atoms with Crippen molar-refractivity contribution in [2.45, 2.75) is 0 Å². The number of ether oxygens (including phenoxy) is 3. The van der Waals surface area contributed by atoms with Crippen molar-refractivity contribution in [1.82, 2.24) is 0 Å². The minimum absolute atomic E-state index is 0.156. The summed E-state index contributed by atoms with van der Waals surface area (Å²) >= 11 is 0. The fraction of sp³-hybridized carbons (Fsp3) is 0.0345. The number of carbonyl (C=O) groups excluding carboxylic acids is 2. The molecule has 0 saturated carbocycles. The van der Waals surface area contributed by atoms with Gasteiger partial charge in [0.25, 0.3) is 0 Å². The van der Waals surface area contributed by atoms with Crippen LogP contribution in [0.1, 0.15) is 11.1 Å². The Bertz CT molecular complexity index is 1400. The predicted molar refractivity (Wildman–Crippen MR) is 134 cm³/mol. The van der Waals surface area contributed by atoms with Crippen LogP contribution in [0.3, 0.4) is 0 Å². The Morgan fingerprint density at radius 1 is 0.629 bits per heavy atom. The Morgan fingerprint density at radius 2 is 1.06 bits per heavy atom. The summed E-state index contributed by atoms with van der Waals surface area (Å²) in [4.78, 5) is 24.3. The Morgan fingerprint density at radius 3 is 1.51 bits per heavy atom. The summed E-state index contributed by atoms with van der Waals surface area (Å²) in [5, 5.41) is 11.0. The van der Waals surface area contributed by atoms with E-state index in [2.05, 4.69) is 0 Å². The second kappa shape index (κ2) is 10.9. The van der Waals surface area contributed by atoms with Crippen molar-refractivity contribution in [2.75, 3.05) is 7.11 Å². The lowest BCUT2D eigenvalue weighted by Gasteiger charge is -2.06. The van der Waals surface area contributed by atoms with E-state index in [1.807, 2.05) is 24.3 Å². The Hall–Kier alpha value is -4.84. The fourth-order valence-electron chi connectivity index (χ4n) is 3.26. The third kappa shape index (κ3) is 6.58. The molecule has 0 aliphatic heterocycles.